The maximum absolute atomic E-state index is 16.1. The van der Waals surface area contributed by atoms with Crippen molar-refractivity contribution in [1.82, 2.24) is 0 Å². The first-order chi connectivity index (χ1) is 19.5. The molecule has 0 heterocycles. The number of ether oxygens (including phenoxy) is 1. The van der Waals surface area contributed by atoms with Crippen LogP contribution in [0.2, 0.25) is 0 Å². The van der Waals surface area contributed by atoms with E-state index in [0.717, 1.165) is 17.7 Å². The van der Waals surface area contributed by atoms with E-state index in [1.807, 2.05) is 37.8 Å². The van der Waals surface area contributed by atoms with Gasteiger partial charge >= 0.3 is 12.1 Å². The van der Waals surface area contributed by atoms with Gasteiger partial charge < -0.3 is 10.1 Å². The SMILES string of the molecule is CCOC(=O)c1ccc(C(CC(C)C)Nc2c(F)cc(-c3ccc(C(F)(F)F)cc3C)c(C)c2C#CS(C)(C)C)cc1. The third-order valence-electron chi connectivity index (χ3n) is 6.71. The number of nitrogens with one attached hydrogen (secondary N) is 1. The number of hydrogen-bond donors (Lipinski definition) is 1. The Balaban J connectivity index is 2.16. The zero-order chi connectivity index (χ0) is 31.4. The average molecular weight is 602 g/mol. The molecule has 0 aromatic heterocycles. The van der Waals surface area contributed by atoms with Gasteiger partial charge in [0.1, 0.15) is 5.82 Å². The normalized spacial score (nSPS) is 12.9. The van der Waals surface area contributed by atoms with Gasteiger partial charge in [0.15, 0.2) is 0 Å². The van der Waals surface area contributed by atoms with Crippen molar-refractivity contribution >= 4 is 21.7 Å². The number of aryl methyl sites for hydroxylation is 1. The summed E-state index contributed by atoms with van der Waals surface area (Å²) < 4.78 is 61.1. The highest BCUT2D eigenvalue weighted by Crippen LogP contribution is 2.40. The molecule has 0 radical (unpaired) electrons. The quantitative estimate of drug-likeness (QED) is 0.159. The van der Waals surface area contributed by atoms with Crippen LogP contribution < -0.4 is 5.32 Å². The van der Waals surface area contributed by atoms with Crippen molar-refractivity contribution in [2.75, 3.05) is 30.7 Å². The first-order valence-corrected chi connectivity index (χ1v) is 16.6. The standard InChI is InChI=1S/C34H39F4NO2S/c1-9-41-33(40)25-12-10-24(11-13-25)31(18-21(2)3)39-32-28(16-17-42(6,7)8)23(5)29(20-30(32)35)27-15-14-26(19-22(27)4)34(36,37)38/h10-15,19-21,31,39H,9,18H2,1-8H3. The molecule has 1 unspecified atom stereocenters. The van der Waals surface area contributed by atoms with Gasteiger partial charge in [-0.05, 0) is 115 Å². The van der Waals surface area contributed by atoms with E-state index in [1.54, 1.807) is 26.0 Å². The highest BCUT2D eigenvalue weighted by Gasteiger charge is 2.31. The smallest absolute Gasteiger partial charge is 0.416 e. The van der Waals surface area contributed by atoms with E-state index < -0.39 is 33.6 Å². The minimum atomic E-state index is -4.47. The summed E-state index contributed by atoms with van der Waals surface area (Å²) in [5, 5.41) is 6.68. The van der Waals surface area contributed by atoms with Gasteiger partial charge in [-0.2, -0.15) is 23.2 Å². The van der Waals surface area contributed by atoms with Crippen molar-refractivity contribution in [3.8, 4) is 22.3 Å². The number of halogens is 4. The molecule has 3 rings (SSSR count). The summed E-state index contributed by atoms with van der Waals surface area (Å²) in [7, 11) is -1.27. The van der Waals surface area contributed by atoms with Gasteiger partial charge in [-0.15, -0.1) is 0 Å². The van der Waals surface area contributed by atoms with Crippen molar-refractivity contribution < 1.29 is 27.1 Å². The topological polar surface area (TPSA) is 38.3 Å². The Kier molecular flexibility index (Phi) is 10.4. The Hall–Kier alpha value is -3.44. The lowest BCUT2D eigenvalue weighted by molar-refractivity contribution is -0.137. The van der Waals surface area contributed by atoms with Crippen LogP contribution in [0.25, 0.3) is 11.1 Å². The second-order valence-corrected chi connectivity index (χ2v) is 15.4. The Morgan fingerprint density at radius 1 is 1.00 bits per heavy atom. The van der Waals surface area contributed by atoms with E-state index in [2.05, 4.69) is 30.3 Å². The lowest BCUT2D eigenvalue weighted by Gasteiger charge is -2.25. The van der Waals surface area contributed by atoms with Crippen LogP contribution in [-0.2, 0) is 10.9 Å². The van der Waals surface area contributed by atoms with E-state index in [4.69, 9.17) is 4.74 Å². The van der Waals surface area contributed by atoms with Gasteiger partial charge in [0.05, 0.1) is 35.0 Å². The summed E-state index contributed by atoms with van der Waals surface area (Å²) in [5.74, 6) is 2.53. The summed E-state index contributed by atoms with van der Waals surface area (Å²) in [6, 6.07) is 11.6. The van der Waals surface area contributed by atoms with E-state index in [1.165, 1.54) is 12.1 Å². The number of alkyl halides is 3. The fourth-order valence-corrected chi connectivity index (χ4v) is 5.07. The van der Waals surface area contributed by atoms with Crippen molar-refractivity contribution in [3.63, 3.8) is 0 Å². The minimum Gasteiger partial charge on any atom is -0.462 e. The predicted molar refractivity (Wildman–Crippen MR) is 167 cm³/mol. The van der Waals surface area contributed by atoms with E-state index in [0.29, 0.717) is 39.8 Å². The number of rotatable bonds is 8. The molecule has 0 bridgehead atoms. The Bertz CT molecular complexity index is 1490. The molecular formula is C34H39F4NO2S. The number of hydrogen-bond acceptors (Lipinski definition) is 3. The molecule has 0 aliphatic rings. The van der Waals surface area contributed by atoms with Crippen LogP contribution in [0.4, 0.5) is 23.2 Å². The Morgan fingerprint density at radius 3 is 2.17 bits per heavy atom. The van der Waals surface area contributed by atoms with Gasteiger partial charge in [0, 0.05) is 0 Å². The fourth-order valence-electron chi connectivity index (χ4n) is 4.66. The molecule has 42 heavy (non-hydrogen) atoms. The molecular weight excluding hydrogens is 562 g/mol. The molecule has 3 aromatic rings. The number of carbonyl (C=O) groups is 1. The summed E-state index contributed by atoms with van der Waals surface area (Å²) in [4.78, 5) is 12.2. The summed E-state index contributed by atoms with van der Waals surface area (Å²) in [5.41, 5.74) is 3.37. The molecule has 8 heteroatoms. The second kappa shape index (κ2) is 13.2. The van der Waals surface area contributed by atoms with Gasteiger partial charge in [-0.25, -0.2) is 9.18 Å². The third-order valence-corrected chi connectivity index (χ3v) is 7.43. The van der Waals surface area contributed by atoms with Crippen molar-refractivity contribution in [3.05, 3.63) is 87.7 Å². The number of benzene rings is 3. The van der Waals surface area contributed by atoms with Crippen LogP contribution in [0.5, 0.6) is 0 Å². The highest BCUT2D eigenvalue weighted by molar-refractivity contribution is 8.35. The van der Waals surface area contributed by atoms with Gasteiger partial charge in [-0.1, -0.05) is 38.0 Å². The predicted octanol–water partition coefficient (Wildman–Crippen LogP) is 9.51. The number of esters is 1. The molecule has 1 atom stereocenters. The summed E-state index contributed by atoms with van der Waals surface area (Å²) in [6.45, 7) is 9.59. The van der Waals surface area contributed by atoms with E-state index in [-0.39, 0.29) is 24.3 Å². The average Bonchev–Trinajstić information content (AvgIpc) is 2.88. The highest BCUT2D eigenvalue weighted by atomic mass is 32.3. The maximum atomic E-state index is 16.1. The fraction of sp³-hybridized carbons (Fsp3) is 0.382. The van der Waals surface area contributed by atoms with Crippen LogP contribution in [0.3, 0.4) is 0 Å². The summed E-state index contributed by atoms with van der Waals surface area (Å²) >= 11 is 0. The van der Waals surface area contributed by atoms with Crippen LogP contribution in [0.15, 0.2) is 48.5 Å². The number of carbonyl (C=O) groups excluding carboxylic acids is 1. The largest absolute Gasteiger partial charge is 0.462 e. The lowest BCUT2D eigenvalue weighted by Crippen LogP contribution is -2.16. The lowest BCUT2D eigenvalue weighted by atomic mass is 9.90. The molecule has 0 amide bonds. The monoisotopic (exact) mass is 601 g/mol. The first kappa shape index (κ1) is 33.1. The van der Waals surface area contributed by atoms with Crippen molar-refractivity contribution in [1.29, 1.82) is 0 Å². The van der Waals surface area contributed by atoms with Crippen LogP contribution >= 0.6 is 10.0 Å². The molecule has 0 spiro atoms. The van der Waals surface area contributed by atoms with Gasteiger partial charge in [-0.3, -0.25) is 0 Å². The molecule has 226 valence electrons. The van der Waals surface area contributed by atoms with Crippen molar-refractivity contribution in [2.24, 2.45) is 5.92 Å². The zero-order valence-corrected chi connectivity index (χ0v) is 26.2. The van der Waals surface area contributed by atoms with E-state index in [9.17, 15) is 18.0 Å². The second-order valence-electron chi connectivity index (χ2n) is 11.5. The molecule has 0 aliphatic carbocycles. The zero-order valence-electron chi connectivity index (χ0n) is 25.4. The molecule has 3 aromatic carbocycles. The number of anilines is 1. The van der Waals surface area contributed by atoms with Gasteiger partial charge in [0.2, 0.25) is 0 Å². The molecule has 1 N–H and O–H groups in total. The first-order valence-electron chi connectivity index (χ1n) is 13.8. The maximum Gasteiger partial charge on any atom is 0.416 e. The van der Waals surface area contributed by atoms with Crippen LogP contribution in [0, 0.1) is 36.8 Å². The Labute approximate surface area is 248 Å². The summed E-state index contributed by atoms with van der Waals surface area (Å²) in [6.07, 6.45) is 2.32. The van der Waals surface area contributed by atoms with Crippen LogP contribution in [0.1, 0.15) is 71.4 Å². The minimum absolute atomic E-state index is 0.247. The third kappa shape index (κ3) is 8.32. The molecule has 0 saturated carbocycles. The van der Waals surface area contributed by atoms with Gasteiger partial charge in [0.25, 0.3) is 0 Å². The van der Waals surface area contributed by atoms with Crippen molar-refractivity contribution in [2.45, 2.75) is 53.3 Å². The molecule has 0 saturated heterocycles. The molecule has 3 nitrogen and oxygen atoms in total. The van der Waals surface area contributed by atoms with E-state index >= 15 is 4.39 Å². The van der Waals surface area contributed by atoms with Crippen LogP contribution in [-0.4, -0.2) is 31.3 Å². The Morgan fingerprint density at radius 2 is 1.64 bits per heavy atom. The molecule has 0 fully saturated rings. The molecule has 0 aliphatic heterocycles.